The predicted molar refractivity (Wildman–Crippen MR) is 105 cm³/mol. The number of benzene rings is 1. The molecule has 0 spiro atoms. The van der Waals surface area contributed by atoms with Crippen LogP contribution in [0.5, 0.6) is 0 Å². The summed E-state index contributed by atoms with van der Waals surface area (Å²) in [4.78, 5) is 20.3. The van der Waals surface area contributed by atoms with E-state index in [0.717, 1.165) is 12.1 Å². The van der Waals surface area contributed by atoms with Crippen LogP contribution in [0.15, 0.2) is 41.5 Å². The number of nitrogens with one attached hydrogen (secondary N) is 1. The maximum atomic E-state index is 14.8. The van der Waals surface area contributed by atoms with Crippen molar-refractivity contribution in [3.63, 3.8) is 0 Å². The van der Waals surface area contributed by atoms with Gasteiger partial charge in [0.25, 0.3) is 17.9 Å². The third kappa shape index (κ3) is 3.72. The van der Waals surface area contributed by atoms with Gasteiger partial charge in [-0.05, 0) is 30.3 Å². The van der Waals surface area contributed by atoms with Crippen molar-refractivity contribution in [2.45, 2.75) is 30.4 Å². The number of nitrogens with two attached hydrogens (primary N) is 1. The van der Waals surface area contributed by atoms with Crippen LogP contribution in [0.4, 0.5) is 23.2 Å². The molecule has 32 heavy (non-hydrogen) atoms. The lowest BCUT2D eigenvalue weighted by atomic mass is 9.76. The van der Waals surface area contributed by atoms with E-state index < -0.39 is 60.7 Å². The van der Waals surface area contributed by atoms with E-state index in [-0.39, 0.29) is 22.5 Å². The van der Waals surface area contributed by atoms with Crippen LogP contribution in [0.1, 0.15) is 34.5 Å². The molecule has 166 valence electrons. The molecule has 1 aliphatic carbocycles. The van der Waals surface area contributed by atoms with Crippen molar-refractivity contribution in [2.75, 3.05) is 12.0 Å². The molecule has 2 aliphatic rings. The summed E-state index contributed by atoms with van der Waals surface area (Å²) < 4.78 is 62.7. The van der Waals surface area contributed by atoms with E-state index in [1.165, 1.54) is 24.4 Å². The van der Waals surface area contributed by atoms with E-state index in [1.54, 1.807) is 0 Å². The molecule has 1 aromatic carbocycles. The van der Waals surface area contributed by atoms with Gasteiger partial charge >= 0.3 is 0 Å². The number of amidine groups is 1. The van der Waals surface area contributed by atoms with Gasteiger partial charge in [0.2, 0.25) is 0 Å². The van der Waals surface area contributed by atoms with Crippen LogP contribution in [0.25, 0.3) is 0 Å². The Bertz CT molecular complexity index is 1130. The van der Waals surface area contributed by atoms with Crippen LogP contribution in [0.3, 0.4) is 0 Å². The van der Waals surface area contributed by atoms with Crippen LogP contribution in [0, 0.1) is 23.1 Å². The molecule has 1 aliphatic heterocycles. The van der Waals surface area contributed by atoms with Crippen LogP contribution >= 0.6 is 0 Å². The summed E-state index contributed by atoms with van der Waals surface area (Å²) in [6.45, 7) is -1.29. The van der Waals surface area contributed by atoms with Gasteiger partial charge in [-0.15, -0.1) is 0 Å². The molecule has 0 radical (unpaired) electrons. The lowest BCUT2D eigenvalue weighted by Gasteiger charge is -2.40. The lowest BCUT2D eigenvalue weighted by Crippen LogP contribution is -2.48. The van der Waals surface area contributed by atoms with Crippen molar-refractivity contribution in [1.82, 2.24) is 4.98 Å². The van der Waals surface area contributed by atoms with Crippen molar-refractivity contribution < 1.29 is 27.1 Å². The first-order valence-electron chi connectivity index (χ1n) is 9.61. The first-order chi connectivity index (χ1) is 15.2. The fourth-order valence-corrected chi connectivity index (χ4v) is 4.22. The number of halogens is 4. The van der Waals surface area contributed by atoms with Crippen LogP contribution in [-0.2, 0) is 10.3 Å². The number of fused-ring (bicyclic) bond motifs is 1. The number of nitriles is 1. The number of carbonyl (C=O) groups is 1. The summed E-state index contributed by atoms with van der Waals surface area (Å²) >= 11 is 0. The molecule has 1 aromatic heterocycles. The Labute approximate surface area is 179 Å². The molecule has 3 N–H and O–H groups in total. The summed E-state index contributed by atoms with van der Waals surface area (Å²) in [7, 11) is 0. The second kappa shape index (κ2) is 7.78. The molecule has 2 heterocycles. The number of anilines is 1. The number of rotatable bonds is 4. The predicted octanol–water partition coefficient (Wildman–Crippen LogP) is 3.27. The highest BCUT2D eigenvalue weighted by Crippen LogP contribution is 2.53. The minimum absolute atomic E-state index is 0.0149. The van der Waals surface area contributed by atoms with Crippen molar-refractivity contribution in [3.8, 4) is 6.07 Å². The van der Waals surface area contributed by atoms with E-state index >= 15 is 0 Å². The first kappa shape index (κ1) is 21.5. The molecular formula is C21H17F4N5O2. The zero-order valence-electron chi connectivity index (χ0n) is 16.5. The van der Waals surface area contributed by atoms with Gasteiger partial charge in [-0.3, -0.25) is 4.79 Å². The van der Waals surface area contributed by atoms with Gasteiger partial charge in [0.05, 0.1) is 5.56 Å². The summed E-state index contributed by atoms with van der Waals surface area (Å²) in [6.07, 6.45) is -1.34. The van der Waals surface area contributed by atoms with Crippen LogP contribution < -0.4 is 11.1 Å². The number of pyridine rings is 1. The van der Waals surface area contributed by atoms with Gasteiger partial charge in [0, 0.05) is 36.2 Å². The van der Waals surface area contributed by atoms with E-state index in [9.17, 15) is 22.4 Å². The van der Waals surface area contributed by atoms with E-state index in [2.05, 4.69) is 15.3 Å². The summed E-state index contributed by atoms with van der Waals surface area (Å²) in [5.74, 6) is -5.85. The quantitative estimate of drug-likeness (QED) is 0.699. The highest BCUT2D eigenvalue weighted by Gasteiger charge is 2.60. The second-order valence-corrected chi connectivity index (χ2v) is 7.73. The summed E-state index contributed by atoms with van der Waals surface area (Å²) in [5.41, 5.74) is 3.61. The standard InChI is InChI=1S/C21H17F4N5O2/c22-10-21(14-6-20(24,25)7-17(14)32-19(27)30-21)13-5-12(2-3-15(13)23)29-18(31)16-4-1-11(8-26)9-28-16/h1-5,9,14,17H,6-7,10H2,(H2,27,30)(H,29,31). The third-order valence-electron chi connectivity index (χ3n) is 5.68. The summed E-state index contributed by atoms with van der Waals surface area (Å²) in [6, 6.07) is 7.46. The topological polar surface area (TPSA) is 113 Å². The van der Waals surface area contributed by atoms with Gasteiger partial charge in [0.1, 0.15) is 35.9 Å². The number of ether oxygens (including phenoxy) is 1. The SMILES string of the molecule is N#Cc1ccc(C(=O)Nc2ccc(F)c(C3(CF)N=C(N)OC4CC(F)(F)CC43)c2)nc1. The Kier molecular flexibility index (Phi) is 5.24. The lowest BCUT2D eigenvalue weighted by molar-refractivity contribution is -0.00299. The molecule has 11 heteroatoms. The van der Waals surface area contributed by atoms with Crippen LogP contribution in [0.2, 0.25) is 0 Å². The fourth-order valence-electron chi connectivity index (χ4n) is 4.22. The van der Waals surface area contributed by atoms with E-state index in [4.69, 9.17) is 15.7 Å². The number of alkyl halides is 3. The molecule has 2 aromatic rings. The summed E-state index contributed by atoms with van der Waals surface area (Å²) in [5, 5.41) is 11.3. The van der Waals surface area contributed by atoms with Gasteiger partial charge in [-0.2, -0.15) is 5.26 Å². The number of carbonyl (C=O) groups excluding carboxylic acids is 1. The van der Waals surface area contributed by atoms with Crippen molar-refractivity contribution in [1.29, 1.82) is 5.26 Å². The maximum absolute atomic E-state index is 14.8. The fraction of sp³-hybridized carbons (Fsp3) is 0.333. The van der Waals surface area contributed by atoms with Crippen LogP contribution in [-0.4, -0.2) is 35.6 Å². The van der Waals surface area contributed by atoms with Gasteiger partial charge in [-0.1, -0.05) is 0 Å². The van der Waals surface area contributed by atoms with Gasteiger partial charge < -0.3 is 15.8 Å². The number of hydrogen-bond acceptors (Lipinski definition) is 6. The first-order valence-corrected chi connectivity index (χ1v) is 9.61. The monoisotopic (exact) mass is 447 g/mol. The molecule has 0 saturated heterocycles. The molecule has 1 fully saturated rings. The number of amides is 1. The Balaban J connectivity index is 1.70. The van der Waals surface area contributed by atoms with E-state index in [1.807, 2.05) is 6.07 Å². The minimum Gasteiger partial charge on any atom is -0.461 e. The number of hydrogen-bond donors (Lipinski definition) is 2. The smallest absolute Gasteiger partial charge is 0.283 e. The molecule has 3 atom stereocenters. The molecule has 1 saturated carbocycles. The van der Waals surface area contributed by atoms with Crippen molar-refractivity contribution >= 4 is 17.6 Å². The third-order valence-corrected chi connectivity index (χ3v) is 5.68. The largest absolute Gasteiger partial charge is 0.461 e. The average Bonchev–Trinajstić information content (AvgIpc) is 3.08. The normalized spacial score (nSPS) is 25.8. The second-order valence-electron chi connectivity index (χ2n) is 7.73. The molecule has 1 amide bonds. The number of aliphatic imine (C=N–C) groups is 1. The Morgan fingerprint density at radius 3 is 2.75 bits per heavy atom. The molecule has 7 nitrogen and oxygen atoms in total. The zero-order valence-corrected chi connectivity index (χ0v) is 16.5. The van der Waals surface area contributed by atoms with Crippen molar-refractivity contribution in [2.24, 2.45) is 16.6 Å². The molecular weight excluding hydrogens is 430 g/mol. The Hall–Kier alpha value is -3.68. The highest BCUT2D eigenvalue weighted by atomic mass is 19.3. The Morgan fingerprint density at radius 1 is 1.31 bits per heavy atom. The molecule has 3 unspecified atom stereocenters. The zero-order chi connectivity index (χ0) is 23.1. The molecule has 0 bridgehead atoms. The minimum atomic E-state index is -3.14. The number of nitrogens with zero attached hydrogens (tertiary/aromatic N) is 3. The average molecular weight is 447 g/mol. The highest BCUT2D eigenvalue weighted by molar-refractivity contribution is 6.02. The Morgan fingerprint density at radius 2 is 2.09 bits per heavy atom. The van der Waals surface area contributed by atoms with Gasteiger partial charge in [-0.25, -0.2) is 27.5 Å². The van der Waals surface area contributed by atoms with Crippen molar-refractivity contribution in [3.05, 3.63) is 59.2 Å². The number of aromatic nitrogens is 1. The molecule has 4 rings (SSSR count). The van der Waals surface area contributed by atoms with Gasteiger partial charge in [0.15, 0.2) is 0 Å². The maximum Gasteiger partial charge on any atom is 0.283 e. The van der Waals surface area contributed by atoms with E-state index in [0.29, 0.717) is 0 Å².